The summed E-state index contributed by atoms with van der Waals surface area (Å²) in [7, 11) is -2.46. The van der Waals surface area contributed by atoms with Crippen molar-refractivity contribution in [1.29, 1.82) is 0 Å². The molecule has 1 aliphatic carbocycles. The number of nitrogens with two attached hydrogens (primary N) is 1. The molecule has 14 heteroatoms. The number of fused-ring (bicyclic) bond motifs is 1. The van der Waals surface area contributed by atoms with E-state index in [1.54, 1.807) is 37.5 Å². The van der Waals surface area contributed by atoms with Crippen molar-refractivity contribution < 1.29 is 27.9 Å². The van der Waals surface area contributed by atoms with E-state index in [4.69, 9.17) is 24.3 Å². The second-order valence-corrected chi connectivity index (χ2v) is 10.9. The molecule has 198 valence electrons. The molecule has 0 radical (unpaired) electrons. The maximum absolute atomic E-state index is 13.7. The second-order valence-electron chi connectivity index (χ2n) is 8.30. The van der Waals surface area contributed by atoms with E-state index in [2.05, 4.69) is 36.0 Å². The number of halogens is 1. The number of allylic oxidation sites excluding steroid dienone is 1. The van der Waals surface area contributed by atoms with Crippen LogP contribution in [0.3, 0.4) is 0 Å². The zero-order valence-electron chi connectivity index (χ0n) is 20.5. The Labute approximate surface area is 222 Å². The van der Waals surface area contributed by atoms with Gasteiger partial charge < -0.3 is 24.3 Å². The van der Waals surface area contributed by atoms with Gasteiger partial charge in [0.1, 0.15) is 11.8 Å². The third-order valence-corrected chi connectivity index (χ3v) is 7.77. The molecule has 0 fully saturated rings. The third kappa shape index (κ3) is 6.48. The molecule has 0 aliphatic heterocycles. The molecule has 1 aliphatic rings. The minimum absolute atomic E-state index is 0.0798. The zero-order chi connectivity index (χ0) is 26.6. The lowest BCUT2D eigenvalue weighted by Gasteiger charge is -2.24. The van der Waals surface area contributed by atoms with Crippen LogP contribution in [0.5, 0.6) is 11.6 Å². The molecule has 3 N–H and O–H groups in total. The van der Waals surface area contributed by atoms with Crippen LogP contribution in [-0.4, -0.2) is 51.9 Å². The molecule has 4 rings (SSSR count). The number of nitrogens with zero attached hydrogens (tertiary/aromatic N) is 4. The first-order chi connectivity index (χ1) is 17.7. The molecule has 0 spiro atoms. The minimum Gasteiger partial charge on any atom is -0.479 e. The lowest BCUT2D eigenvalue weighted by Crippen LogP contribution is -2.35. The van der Waals surface area contributed by atoms with Crippen molar-refractivity contribution >= 4 is 46.8 Å². The number of nitrogens with one attached hydrogen (secondary N) is 1. The van der Waals surface area contributed by atoms with Crippen LogP contribution in [0.1, 0.15) is 26.3 Å². The summed E-state index contributed by atoms with van der Waals surface area (Å²) >= 11 is 3.36. The fourth-order valence-corrected chi connectivity index (χ4v) is 5.66. The van der Waals surface area contributed by atoms with Crippen molar-refractivity contribution in [3.63, 3.8) is 0 Å². The Morgan fingerprint density at radius 3 is 2.76 bits per heavy atom. The van der Waals surface area contributed by atoms with E-state index < -0.39 is 19.8 Å². The van der Waals surface area contributed by atoms with Gasteiger partial charge in [0.2, 0.25) is 11.8 Å². The maximum atomic E-state index is 13.7. The number of carbonyl (C=O) groups excluding carboxylic acids is 1. The maximum Gasteiger partial charge on any atom is 0.459 e. The van der Waals surface area contributed by atoms with Crippen LogP contribution in [0.15, 0.2) is 47.2 Å². The predicted molar refractivity (Wildman–Crippen MR) is 140 cm³/mol. The Morgan fingerprint density at radius 2 is 2.05 bits per heavy atom. The van der Waals surface area contributed by atoms with Crippen LogP contribution in [0, 0.1) is 5.92 Å². The Hall–Kier alpha value is -2.99. The Kier molecular flexibility index (Phi) is 8.48. The Balaban J connectivity index is 1.46. The highest BCUT2D eigenvalue weighted by atomic mass is 79.9. The number of imidazole rings is 1. The number of hydrogen-bond acceptors (Lipinski definition) is 10. The molecule has 0 saturated carbocycles. The molecule has 37 heavy (non-hydrogen) atoms. The van der Waals surface area contributed by atoms with Crippen molar-refractivity contribution in [2.75, 3.05) is 26.1 Å². The lowest BCUT2D eigenvalue weighted by atomic mass is 10.1. The number of rotatable bonds is 11. The van der Waals surface area contributed by atoms with Gasteiger partial charge in [0.05, 0.1) is 32.7 Å². The van der Waals surface area contributed by atoms with Gasteiger partial charge >= 0.3 is 13.7 Å². The highest BCUT2D eigenvalue weighted by Gasteiger charge is 2.34. The van der Waals surface area contributed by atoms with Crippen molar-refractivity contribution in [2.24, 2.45) is 5.92 Å². The van der Waals surface area contributed by atoms with Crippen LogP contribution in [0.4, 0.5) is 5.95 Å². The van der Waals surface area contributed by atoms with Gasteiger partial charge in [-0.1, -0.05) is 28.1 Å². The molecule has 0 saturated heterocycles. The average molecular weight is 595 g/mol. The first-order valence-corrected chi connectivity index (χ1v) is 13.9. The van der Waals surface area contributed by atoms with E-state index in [0.717, 1.165) is 4.47 Å². The molecule has 3 aromatic rings. The fourth-order valence-electron chi connectivity index (χ4n) is 3.85. The van der Waals surface area contributed by atoms with E-state index in [9.17, 15) is 9.36 Å². The van der Waals surface area contributed by atoms with E-state index in [0.29, 0.717) is 29.2 Å². The fraction of sp³-hybridized carbons (Fsp3) is 0.391. The Bertz CT molecular complexity index is 1330. The summed E-state index contributed by atoms with van der Waals surface area (Å²) in [6.45, 7) is 3.51. The predicted octanol–water partition coefficient (Wildman–Crippen LogP) is 4.04. The molecule has 0 bridgehead atoms. The van der Waals surface area contributed by atoms with Gasteiger partial charge in [0, 0.05) is 10.4 Å². The normalized spacial score (nSPS) is 19.5. The highest BCUT2D eigenvalue weighted by molar-refractivity contribution is 9.10. The largest absolute Gasteiger partial charge is 0.479 e. The number of esters is 1. The van der Waals surface area contributed by atoms with Crippen molar-refractivity contribution in [3.8, 4) is 11.6 Å². The smallest absolute Gasteiger partial charge is 0.459 e. The van der Waals surface area contributed by atoms with Crippen molar-refractivity contribution in [1.82, 2.24) is 24.6 Å². The second kappa shape index (κ2) is 11.6. The number of methoxy groups -OCH3 is 1. The summed E-state index contributed by atoms with van der Waals surface area (Å²) in [4.78, 5) is 24.9. The molecule has 1 aromatic carbocycles. The molecule has 12 nitrogen and oxygen atoms in total. The number of nitrogen functional groups attached to an aromatic ring is 1. The quantitative estimate of drug-likeness (QED) is 0.188. The van der Waals surface area contributed by atoms with Crippen LogP contribution in [-0.2, 0) is 18.6 Å². The van der Waals surface area contributed by atoms with Gasteiger partial charge in [-0.3, -0.25) is 9.32 Å². The number of anilines is 1. The molecule has 1 unspecified atom stereocenters. The molecule has 4 atom stereocenters. The number of ether oxygens (including phenoxy) is 2. The van der Waals surface area contributed by atoms with E-state index in [1.165, 1.54) is 14.0 Å². The minimum atomic E-state index is -3.95. The van der Waals surface area contributed by atoms with Crippen molar-refractivity contribution in [3.05, 3.63) is 47.2 Å². The first-order valence-electron chi connectivity index (χ1n) is 11.6. The van der Waals surface area contributed by atoms with Crippen LogP contribution < -0.4 is 20.1 Å². The van der Waals surface area contributed by atoms with E-state index in [1.807, 2.05) is 16.7 Å². The number of benzene rings is 1. The number of aromatic nitrogens is 4. The zero-order valence-corrected chi connectivity index (χ0v) is 23.0. The van der Waals surface area contributed by atoms with Gasteiger partial charge in [0.25, 0.3) is 0 Å². The first kappa shape index (κ1) is 27.1. The summed E-state index contributed by atoms with van der Waals surface area (Å²) in [5.41, 5.74) is 6.89. The monoisotopic (exact) mass is 594 g/mol. The van der Waals surface area contributed by atoms with E-state index in [-0.39, 0.29) is 31.1 Å². The third-order valence-electron chi connectivity index (χ3n) is 5.60. The van der Waals surface area contributed by atoms with Crippen LogP contribution >= 0.6 is 23.7 Å². The Morgan fingerprint density at radius 1 is 1.30 bits per heavy atom. The van der Waals surface area contributed by atoms with Gasteiger partial charge in [0.15, 0.2) is 11.2 Å². The molecule has 2 aromatic heterocycles. The molecule has 0 amide bonds. The lowest BCUT2D eigenvalue weighted by molar-refractivity contribution is -0.144. The van der Waals surface area contributed by atoms with Gasteiger partial charge in [-0.05, 0) is 44.5 Å². The summed E-state index contributed by atoms with van der Waals surface area (Å²) < 4.78 is 38.2. The highest BCUT2D eigenvalue weighted by Crippen LogP contribution is 2.46. The van der Waals surface area contributed by atoms with Crippen molar-refractivity contribution in [2.45, 2.75) is 32.4 Å². The summed E-state index contributed by atoms with van der Waals surface area (Å²) in [5, 5.41) is 2.69. The SMILES string of the molecule is CCOC(=O)[C@H](C)NP(=O)(OC[C@@H]1C=C[C@H](n2cnc3c(OC)nc(N)nc32)C1)Oc1ccc(Br)cc1. The van der Waals surface area contributed by atoms with Gasteiger partial charge in [-0.15, -0.1) is 0 Å². The van der Waals surface area contributed by atoms with E-state index >= 15 is 0 Å². The standard InChI is InChI=1S/C23H28BrN6O6P/c1-4-34-22(31)14(2)29-37(32,36-18-9-6-16(24)7-10-18)35-12-15-5-8-17(11-15)30-13-26-19-20(30)27-23(25)28-21(19)33-3/h5-10,13-15,17H,4,11-12H2,1-3H3,(H,29,32)(H2,25,27,28)/t14-,15+,17-,37?/m0/s1. The van der Waals surface area contributed by atoms with Crippen LogP contribution in [0.2, 0.25) is 0 Å². The molecule has 2 heterocycles. The number of carbonyl (C=O) groups is 1. The number of hydrogen-bond donors (Lipinski definition) is 2. The van der Waals surface area contributed by atoms with Gasteiger partial charge in [-0.2, -0.15) is 15.1 Å². The van der Waals surface area contributed by atoms with Gasteiger partial charge in [-0.25, -0.2) is 9.55 Å². The molecular formula is C23H28BrN6O6P. The topological polar surface area (TPSA) is 153 Å². The average Bonchev–Trinajstić information content (AvgIpc) is 3.51. The van der Waals surface area contributed by atoms with Crippen LogP contribution in [0.25, 0.3) is 11.2 Å². The summed E-state index contributed by atoms with van der Waals surface area (Å²) in [6, 6.07) is 5.79. The molecular weight excluding hydrogens is 567 g/mol. The summed E-state index contributed by atoms with van der Waals surface area (Å²) in [5.74, 6) is 0.0584. The summed E-state index contributed by atoms with van der Waals surface area (Å²) in [6.07, 6.45) is 6.25.